The van der Waals surface area contributed by atoms with E-state index in [9.17, 15) is 4.79 Å². The molecule has 3 nitrogen and oxygen atoms in total. The van der Waals surface area contributed by atoms with Gasteiger partial charge in [0.25, 0.3) is 0 Å². The van der Waals surface area contributed by atoms with E-state index in [1.807, 2.05) is 26.0 Å². The molecule has 94 valence electrons. The highest BCUT2D eigenvalue weighted by Gasteiger charge is 1.96. The molecule has 1 aromatic rings. The van der Waals surface area contributed by atoms with Crippen LogP contribution in [0.3, 0.4) is 0 Å². The molecule has 0 radical (unpaired) electrons. The summed E-state index contributed by atoms with van der Waals surface area (Å²) in [6.45, 7) is 7.41. The molecule has 0 saturated carbocycles. The first-order valence-electron chi connectivity index (χ1n) is 5.53. The number of esters is 1. The highest BCUT2D eigenvalue weighted by Crippen LogP contribution is 2.14. The molecular weight excluding hydrogens is 216 g/mol. The fourth-order valence-corrected chi connectivity index (χ4v) is 1.13. The third-order valence-electron chi connectivity index (χ3n) is 1.60. The van der Waals surface area contributed by atoms with Crippen LogP contribution in [0.2, 0.25) is 0 Å². The molecule has 1 rings (SSSR count). The predicted molar refractivity (Wildman–Crippen MR) is 69.8 cm³/mol. The van der Waals surface area contributed by atoms with E-state index >= 15 is 0 Å². The highest BCUT2D eigenvalue weighted by atomic mass is 16.5. The average Bonchev–Trinajstić information content (AvgIpc) is 2.20. The lowest BCUT2D eigenvalue weighted by atomic mass is 10.1. The molecule has 0 unspecified atom stereocenters. The summed E-state index contributed by atoms with van der Waals surface area (Å²) >= 11 is 0. The topological polar surface area (TPSA) is 46.5 Å². The van der Waals surface area contributed by atoms with Gasteiger partial charge in [0.15, 0.2) is 0 Å². The van der Waals surface area contributed by atoms with Crippen LogP contribution in [0.1, 0.15) is 33.3 Å². The van der Waals surface area contributed by atoms with Gasteiger partial charge in [-0.1, -0.05) is 23.8 Å². The van der Waals surface area contributed by atoms with Gasteiger partial charge in [-0.05, 0) is 38.5 Å². The number of ether oxygens (including phenoxy) is 1. The number of carbonyl (C=O) groups is 1. The molecule has 17 heavy (non-hydrogen) atoms. The lowest BCUT2D eigenvalue weighted by Crippen LogP contribution is -2.00. The van der Waals surface area contributed by atoms with Crippen molar-refractivity contribution >= 4 is 12.0 Å². The van der Waals surface area contributed by atoms with Crippen LogP contribution < -0.4 is 4.74 Å². The minimum atomic E-state index is -0.292. The van der Waals surface area contributed by atoms with Crippen molar-refractivity contribution in [1.82, 2.24) is 0 Å². The first kappa shape index (κ1) is 15.4. The van der Waals surface area contributed by atoms with E-state index in [1.165, 1.54) is 12.5 Å². The lowest BCUT2D eigenvalue weighted by Gasteiger charge is -2.01. The molecule has 0 amide bonds. The number of carbonyl (C=O) groups excluding carboxylic acids is 1. The average molecular weight is 236 g/mol. The molecule has 0 spiro atoms. The maximum atomic E-state index is 10.6. The number of hydrogen-bond acceptors (Lipinski definition) is 3. The van der Waals surface area contributed by atoms with E-state index < -0.39 is 0 Å². The highest BCUT2D eigenvalue weighted by molar-refractivity contribution is 5.69. The smallest absolute Gasteiger partial charge is 0.308 e. The van der Waals surface area contributed by atoms with Crippen LogP contribution in [0, 0.1) is 0 Å². The predicted octanol–water partition coefficient (Wildman–Crippen LogP) is 3.03. The SMILES string of the molecule is CC(=O)Oc1ccc(C=C(C)C)cc1.CCO. The zero-order valence-corrected chi connectivity index (χ0v) is 10.9. The van der Waals surface area contributed by atoms with Gasteiger partial charge in [-0.15, -0.1) is 0 Å². The summed E-state index contributed by atoms with van der Waals surface area (Å²) in [5.41, 5.74) is 2.35. The summed E-state index contributed by atoms with van der Waals surface area (Å²) in [6.07, 6.45) is 2.07. The Morgan fingerprint density at radius 1 is 1.24 bits per heavy atom. The Labute approximate surface area is 103 Å². The van der Waals surface area contributed by atoms with Crippen molar-refractivity contribution in [2.45, 2.75) is 27.7 Å². The van der Waals surface area contributed by atoms with Crippen molar-refractivity contribution in [3.63, 3.8) is 0 Å². The summed E-state index contributed by atoms with van der Waals surface area (Å²) in [5.74, 6) is 0.295. The molecule has 0 atom stereocenters. The van der Waals surface area contributed by atoms with Crippen molar-refractivity contribution in [3.8, 4) is 5.75 Å². The van der Waals surface area contributed by atoms with E-state index in [0.717, 1.165) is 5.56 Å². The second-order valence-electron chi connectivity index (χ2n) is 3.70. The maximum absolute atomic E-state index is 10.6. The normalized spacial score (nSPS) is 8.76. The second kappa shape index (κ2) is 8.53. The molecule has 0 bridgehead atoms. The van der Waals surface area contributed by atoms with Gasteiger partial charge in [0.2, 0.25) is 0 Å². The molecule has 1 N–H and O–H groups in total. The van der Waals surface area contributed by atoms with Gasteiger partial charge in [-0.3, -0.25) is 4.79 Å². The largest absolute Gasteiger partial charge is 0.427 e. The van der Waals surface area contributed by atoms with Gasteiger partial charge in [0, 0.05) is 13.5 Å². The molecule has 0 saturated heterocycles. The third-order valence-corrected chi connectivity index (χ3v) is 1.60. The molecule has 3 heteroatoms. The van der Waals surface area contributed by atoms with Crippen LogP contribution in [0.4, 0.5) is 0 Å². The Balaban J connectivity index is 0.000000770. The Bertz CT molecular complexity index is 360. The van der Waals surface area contributed by atoms with Gasteiger partial charge in [0.05, 0.1) is 0 Å². The number of hydrogen-bond donors (Lipinski definition) is 1. The van der Waals surface area contributed by atoms with E-state index in [0.29, 0.717) is 5.75 Å². The summed E-state index contributed by atoms with van der Waals surface area (Å²) in [6, 6.07) is 7.42. The van der Waals surface area contributed by atoms with Crippen LogP contribution in [0.5, 0.6) is 5.75 Å². The third kappa shape index (κ3) is 8.22. The molecule has 0 aliphatic heterocycles. The van der Waals surface area contributed by atoms with Crippen molar-refractivity contribution in [3.05, 3.63) is 35.4 Å². The van der Waals surface area contributed by atoms with Gasteiger partial charge >= 0.3 is 5.97 Å². The molecular formula is C14H20O3. The van der Waals surface area contributed by atoms with Crippen LogP contribution >= 0.6 is 0 Å². The van der Waals surface area contributed by atoms with Gasteiger partial charge in [-0.2, -0.15) is 0 Å². The van der Waals surface area contributed by atoms with Crippen molar-refractivity contribution in [2.24, 2.45) is 0 Å². The summed E-state index contributed by atoms with van der Waals surface area (Å²) in [4.78, 5) is 10.6. The van der Waals surface area contributed by atoms with Crippen LogP contribution in [-0.4, -0.2) is 17.7 Å². The number of aliphatic hydroxyl groups is 1. The zero-order chi connectivity index (χ0) is 13.3. The Morgan fingerprint density at radius 3 is 2.06 bits per heavy atom. The van der Waals surface area contributed by atoms with Gasteiger partial charge in [-0.25, -0.2) is 0 Å². The number of rotatable bonds is 2. The van der Waals surface area contributed by atoms with Crippen molar-refractivity contribution in [1.29, 1.82) is 0 Å². The van der Waals surface area contributed by atoms with Crippen molar-refractivity contribution in [2.75, 3.05) is 6.61 Å². The number of allylic oxidation sites excluding steroid dienone is 1. The van der Waals surface area contributed by atoms with Crippen LogP contribution in [-0.2, 0) is 4.79 Å². The molecule has 0 aliphatic rings. The molecule has 0 heterocycles. The van der Waals surface area contributed by atoms with E-state index in [-0.39, 0.29) is 12.6 Å². The monoisotopic (exact) mass is 236 g/mol. The minimum Gasteiger partial charge on any atom is -0.427 e. The quantitative estimate of drug-likeness (QED) is 0.634. The van der Waals surface area contributed by atoms with Crippen molar-refractivity contribution < 1.29 is 14.6 Å². The fraction of sp³-hybridized carbons (Fsp3) is 0.357. The summed E-state index contributed by atoms with van der Waals surface area (Å²) in [7, 11) is 0. The van der Waals surface area contributed by atoms with E-state index in [1.54, 1.807) is 19.1 Å². The Morgan fingerprint density at radius 2 is 1.71 bits per heavy atom. The Hall–Kier alpha value is -1.61. The first-order valence-corrected chi connectivity index (χ1v) is 5.53. The number of aliphatic hydroxyl groups excluding tert-OH is 1. The maximum Gasteiger partial charge on any atom is 0.308 e. The summed E-state index contributed by atoms with van der Waals surface area (Å²) in [5, 5.41) is 7.57. The molecule has 1 aromatic carbocycles. The Kier molecular flexibility index (Phi) is 7.72. The molecule has 0 fully saturated rings. The van der Waals surface area contributed by atoms with Crippen LogP contribution in [0.25, 0.3) is 6.08 Å². The van der Waals surface area contributed by atoms with E-state index in [4.69, 9.17) is 9.84 Å². The number of benzene rings is 1. The fourth-order valence-electron chi connectivity index (χ4n) is 1.13. The standard InChI is InChI=1S/C12H14O2.C2H6O/c1-9(2)8-11-4-6-12(7-5-11)14-10(3)13;1-2-3/h4-8H,1-3H3;3H,2H2,1H3. The molecule has 0 aliphatic carbocycles. The van der Waals surface area contributed by atoms with Gasteiger partial charge in [0.1, 0.15) is 5.75 Å². The summed E-state index contributed by atoms with van der Waals surface area (Å²) < 4.78 is 4.91. The van der Waals surface area contributed by atoms with E-state index in [2.05, 4.69) is 6.08 Å². The van der Waals surface area contributed by atoms with Gasteiger partial charge < -0.3 is 9.84 Å². The minimum absolute atomic E-state index is 0.250. The second-order valence-corrected chi connectivity index (χ2v) is 3.70. The zero-order valence-electron chi connectivity index (χ0n) is 10.9. The molecule has 0 aromatic heterocycles. The van der Waals surface area contributed by atoms with Crippen LogP contribution in [0.15, 0.2) is 29.8 Å². The lowest BCUT2D eigenvalue weighted by molar-refractivity contribution is -0.131. The first-order chi connectivity index (χ1) is 7.99.